The van der Waals surface area contributed by atoms with Gasteiger partial charge in [0.15, 0.2) is 11.5 Å². The number of urea groups is 1. The number of aryl methyl sites for hydroxylation is 2. The standard InChI is InChI=1S/C27H25IN2O4/c1-17-4-8-19(9-5-17)15-30-26(31)23(29-27(30)32)13-21-12-22(28)25(24(14-21)33-3)34-16-20-10-6-18(2)7-11-20/h4-14H,15-16H2,1-3H3,(H,29,32)/b23-13+. The molecule has 7 heteroatoms. The highest BCUT2D eigenvalue weighted by molar-refractivity contribution is 14.1. The molecular weight excluding hydrogens is 543 g/mol. The highest BCUT2D eigenvalue weighted by atomic mass is 127. The van der Waals surface area contributed by atoms with Gasteiger partial charge in [0.25, 0.3) is 5.91 Å². The zero-order valence-electron chi connectivity index (χ0n) is 19.2. The van der Waals surface area contributed by atoms with E-state index in [-0.39, 0.29) is 18.1 Å². The quantitative estimate of drug-likeness (QED) is 0.229. The maximum atomic E-state index is 12.9. The third kappa shape index (κ3) is 5.41. The van der Waals surface area contributed by atoms with Gasteiger partial charge in [-0.15, -0.1) is 0 Å². The lowest BCUT2D eigenvalue weighted by atomic mass is 10.1. The predicted octanol–water partition coefficient (Wildman–Crippen LogP) is 5.59. The van der Waals surface area contributed by atoms with E-state index < -0.39 is 6.03 Å². The van der Waals surface area contributed by atoms with Crippen molar-refractivity contribution in [3.05, 3.63) is 97.7 Å². The summed E-state index contributed by atoms with van der Waals surface area (Å²) in [6, 6.07) is 19.2. The number of rotatable bonds is 7. The first-order chi connectivity index (χ1) is 16.3. The average Bonchev–Trinajstić information content (AvgIpc) is 3.07. The molecule has 1 N–H and O–H groups in total. The second-order valence-electron chi connectivity index (χ2n) is 8.17. The molecule has 0 radical (unpaired) electrons. The van der Waals surface area contributed by atoms with E-state index in [2.05, 4.69) is 27.9 Å². The van der Waals surface area contributed by atoms with Gasteiger partial charge in [0.05, 0.1) is 17.2 Å². The van der Waals surface area contributed by atoms with Crippen LogP contribution in [0.15, 0.2) is 66.4 Å². The molecular formula is C27H25IN2O4. The molecule has 0 bridgehead atoms. The minimum absolute atomic E-state index is 0.217. The maximum Gasteiger partial charge on any atom is 0.329 e. The molecule has 3 aromatic carbocycles. The molecule has 0 saturated carbocycles. The van der Waals surface area contributed by atoms with Gasteiger partial charge in [0, 0.05) is 0 Å². The Hall–Kier alpha value is -3.33. The van der Waals surface area contributed by atoms with Gasteiger partial charge in [0.2, 0.25) is 0 Å². The van der Waals surface area contributed by atoms with Gasteiger partial charge in [0.1, 0.15) is 12.3 Å². The fourth-order valence-corrected chi connectivity index (χ4v) is 4.34. The van der Waals surface area contributed by atoms with Crippen molar-refractivity contribution in [3.63, 3.8) is 0 Å². The first-order valence-electron chi connectivity index (χ1n) is 10.8. The fourth-order valence-electron chi connectivity index (χ4n) is 3.56. The lowest BCUT2D eigenvalue weighted by Crippen LogP contribution is -2.30. The molecule has 0 atom stereocenters. The Balaban J connectivity index is 1.52. The predicted molar refractivity (Wildman–Crippen MR) is 139 cm³/mol. The Kier molecular flexibility index (Phi) is 7.21. The summed E-state index contributed by atoms with van der Waals surface area (Å²) in [5, 5.41) is 2.68. The summed E-state index contributed by atoms with van der Waals surface area (Å²) in [7, 11) is 1.58. The number of hydrogen-bond acceptors (Lipinski definition) is 4. The first kappa shape index (κ1) is 23.8. The molecule has 34 heavy (non-hydrogen) atoms. The second kappa shape index (κ2) is 10.3. The zero-order chi connectivity index (χ0) is 24.2. The van der Waals surface area contributed by atoms with Crippen LogP contribution < -0.4 is 14.8 Å². The van der Waals surface area contributed by atoms with Gasteiger partial charge in [-0.05, 0) is 71.3 Å². The second-order valence-corrected chi connectivity index (χ2v) is 9.34. The Labute approximate surface area is 212 Å². The molecule has 6 nitrogen and oxygen atoms in total. The topological polar surface area (TPSA) is 67.9 Å². The fraction of sp³-hybridized carbons (Fsp3) is 0.185. The van der Waals surface area contributed by atoms with Crippen molar-refractivity contribution >= 4 is 40.6 Å². The van der Waals surface area contributed by atoms with Crippen LogP contribution in [0.5, 0.6) is 11.5 Å². The molecule has 3 amide bonds. The van der Waals surface area contributed by atoms with E-state index in [4.69, 9.17) is 9.47 Å². The van der Waals surface area contributed by atoms with Crippen molar-refractivity contribution in [1.29, 1.82) is 0 Å². The van der Waals surface area contributed by atoms with E-state index in [1.165, 1.54) is 10.5 Å². The van der Waals surface area contributed by atoms with Gasteiger partial charge in [-0.1, -0.05) is 59.7 Å². The van der Waals surface area contributed by atoms with Crippen LogP contribution in [0.2, 0.25) is 0 Å². The SMILES string of the molecule is COc1cc(/C=C2/NC(=O)N(Cc3ccc(C)cc3)C2=O)cc(I)c1OCc1ccc(C)cc1. The molecule has 1 heterocycles. The molecule has 1 fully saturated rings. The summed E-state index contributed by atoms with van der Waals surface area (Å²) >= 11 is 2.18. The number of halogens is 1. The Morgan fingerprint density at radius 3 is 2.18 bits per heavy atom. The first-order valence-corrected chi connectivity index (χ1v) is 11.9. The zero-order valence-corrected chi connectivity index (χ0v) is 21.4. The van der Waals surface area contributed by atoms with Crippen molar-refractivity contribution in [1.82, 2.24) is 10.2 Å². The summed E-state index contributed by atoms with van der Waals surface area (Å²) in [6.45, 7) is 4.67. The van der Waals surface area contributed by atoms with Gasteiger partial charge >= 0.3 is 6.03 Å². The van der Waals surface area contributed by atoms with Gasteiger partial charge in [-0.3, -0.25) is 9.69 Å². The number of benzene rings is 3. The van der Waals surface area contributed by atoms with Crippen LogP contribution in [-0.4, -0.2) is 23.9 Å². The smallest absolute Gasteiger partial charge is 0.329 e. The van der Waals surface area contributed by atoms with Crippen LogP contribution >= 0.6 is 22.6 Å². The molecule has 1 aliphatic heterocycles. The van der Waals surface area contributed by atoms with Crippen LogP contribution in [0.1, 0.15) is 27.8 Å². The van der Waals surface area contributed by atoms with E-state index in [0.29, 0.717) is 18.1 Å². The summed E-state index contributed by atoms with van der Waals surface area (Å²) in [4.78, 5) is 26.6. The largest absolute Gasteiger partial charge is 0.493 e. The monoisotopic (exact) mass is 568 g/mol. The number of carbonyl (C=O) groups excluding carboxylic acids is 2. The molecule has 3 aromatic rings. The normalized spacial score (nSPS) is 14.5. The van der Waals surface area contributed by atoms with Gasteiger partial charge in [-0.2, -0.15) is 0 Å². The number of imide groups is 1. The molecule has 0 aliphatic carbocycles. The Bertz CT molecular complexity index is 1250. The third-order valence-electron chi connectivity index (χ3n) is 5.49. The number of methoxy groups -OCH3 is 1. The van der Waals surface area contributed by atoms with Crippen LogP contribution in [0.3, 0.4) is 0 Å². The molecule has 1 saturated heterocycles. The van der Waals surface area contributed by atoms with E-state index in [1.54, 1.807) is 19.3 Å². The van der Waals surface area contributed by atoms with Crippen LogP contribution in [0.4, 0.5) is 4.79 Å². The van der Waals surface area contributed by atoms with Gasteiger partial charge < -0.3 is 14.8 Å². The summed E-state index contributed by atoms with van der Waals surface area (Å²) < 4.78 is 12.4. The Morgan fingerprint density at radius 1 is 0.941 bits per heavy atom. The van der Waals surface area contributed by atoms with Crippen molar-refractivity contribution in [3.8, 4) is 11.5 Å². The van der Waals surface area contributed by atoms with Crippen LogP contribution in [0.25, 0.3) is 6.08 Å². The van der Waals surface area contributed by atoms with E-state index in [1.807, 2.05) is 68.4 Å². The number of nitrogens with zero attached hydrogens (tertiary/aromatic N) is 1. The summed E-state index contributed by atoms with van der Waals surface area (Å²) in [5.74, 6) is 0.826. The maximum absolute atomic E-state index is 12.9. The lowest BCUT2D eigenvalue weighted by Gasteiger charge is -2.14. The summed E-state index contributed by atoms with van der Waals surface area (Å²) in [6.07, 6.45) is 1.66. The van der Waals surface area contributed by atoms with E-state index in [9.17, 15) is 9.59 Å². The molecule has 174 valence electrons. The van der Waals surface area contributed by atoms with Crippen molar-refractivity contribution in [2.75, 3.05) is 7.11 Å². The molecule has 0 aromatic heterocycles. The Morgan fingerprint density at radius 2 is 1.56 bits per heavy atom. The van der Waals surface area contributed by atoms with Crippen molar-refractivity contribution in [2.24, 2.45) is 0 Å². The van der Waals surface area contributed by atoms with Gasteiger partial charge in [-0.25, -0.2) is 4.79 Å². The van der Waals surface area contributed by atoms with Crippen LogP contribution in [0, 0.1) is 17.4 Å². The summed E-state index contributed by atoms with van der Waals surface area (Å²) in [5.41, 5.74) is 5.22. The van der Waals surface area contributed by atoms with E-state index >= 15 is 0 Å². The minimum atomic E-state index is -0.434. The van der Waals surface area contributed by atoms with Crippen molar-refractivity contribution < 1.29 is 19.1 Å². The number of nitrogens with one attached hydrogen (secondary N) is 1. The van der Waals surface area contributed by atoms with E-state index in [0.717, 1.165) is 25.8 Å². The number of amides is 3. The highest BCUT2D eigenvalue weighted by Gasteiger charge is 2.33. The number of carbonyl (C=O) groups is 2. The third-order valence-corrected chi connectivity index (χ3v) is 6.29. The molecule has 0 unspecified atom stereocenters. The number of ether oxygens (including phenoxy) is 2. The van der Waals surface area contributed by atoms with Crippen molar-refractivity contribution in [2.45, 2.75) is 27.0 Å². The minimum Gasteiger partial charge on any atom is -0.493 e. The molecule has 4 rings (SSSR count). The molecule has 0 spiro atoms. The highest BCUT2D eigenvalue weighted by Crippen LogP contribution is 2.35. The average molecular weight is 568 g/mol. The van der Waals surface area contributed by atoms with Crippen LogP contribution in [-0.2, 0) is 17.9 Å². The lowest BCUT2D eigenvalue weighted by molar-refractivity contribution is -0.123. The molecule has 1 aliphatic rings. The number of hydrogen-bond donors (Lipinski definition) is 1.